The molecule has 21 heavy (non-hydrogen) atoms. The molecule has 1 aliphatic heterocycles. The molecule has 1 N–H and O–H groups in total. The molecule has 0 aromatic carbocycles. The summed E-state index contributed by atoms with van der Waals surface area (Å²) in [4.78, 5) is 37.0. The van der Waals surface area contributed by atoms with Crippen molar-refractivity contribution in [2.24, 2.45) is 0 Å². The third kappa shape index (κ3) is 3.01. The van der Waals surface area contributed by atoms with Crippen LogP contribution in [0.3, 0.4) is 0 Å². The number of nitrogens with one attached hydrogen (secondary N) is 1. The van der Waals surface area contributed by atoms with E-state index in [0.29, 0.717) is 36.1 Å². The van der Waals surface area contributed by atoms with Crippen molar-refractivity contribution in [1.82, 2.24) is 19.9 Å². The van der Waals surface area contributed by atoms with Crippen molar-refractivity contribution in [3.8, 4) is 0 Å². The van der Waals surface area contributed by atoms with Crippen molar-refractivity contribution >= 4 is 17.2 Å². The fourth-order valence-corrected chi connectivity index (χ4v) is 2.84. The zero-order valence-corrected chi connectivity index (χ0v) is 12.2. The molecule has 1 aliphatic rings. The van der Waals surface area contributed by atoms with Gasteiger partial charge in [0.05, 0.1) is 30.6 Å². The van der Waals surface area contributed by atoms with E-state index in [4.69, 9.17) is 4.74 Å². The number of amides is 1. The average molecular weight is 306 g/mol. The highest BCUT2D eigenvalue weighted by Gasteiger charge is 2.27. The Bertz CT molecular complexity index is 698. The number of carbonyl (C=O) groups is 1. The molecule has 7 nitrogen and oxygen atoms in total. The Morgan fingerprint density at radius 3 is 3.14 bits per heavy atom. The Hall–Kier alpha value is -2.06. The van der Waals surface area contributed by atoms with Gasteiger partial charge in [0.2, 0.25) is 0 Å². The second-order valence-corrected chi connectivity index (χ2v) is 5.62. The van der Waals surface area contributed by atoms with E-state index in [-0.39, 0.29) is 17.6 Å². The Morgan fingerprint density at radius 2 is 2.43 bits per heavy atom. The summed E-state index contributed by atoms with van der Waals surface area (Å²) >= 11 is 1.31. The summed E-state index contributed by atoms with van der Waals surface area (Å²) in [6.07, 6.45) is 1.18. The first-order chi connectivity index (χ1) is 10.1. The number of nitrogens with zero attached hydrogens (tertiary/aromatic N) is 3. The maximum absolute atomic E-state index is 12.3. The lowest BCUT2D eigenvalue weighted by Gasteiger charge is -2.32. The smallest absolute Gasteiger partial charge is 0.265 e. The molecule has 0 radical (unpaired) electrons. The van der Waals surface area contributed by atoms with Crippen molar-refractivity contribution in [2.75, 3.05) is 19.7 Å². The van der Waals surface area contributed by atoms with Crippen molar-refractivity contribution < 1.29 is 9.53 Å². The van der Waals surface area contributed by atoms with Crippen LogP contribution in [-0.2, 0) is 4.74 Å². The fourth-order valence-electron chi connectivity index (χ4n) is 2.26. The van der Waals surface area contributed by atoms with Crippen LogP contribution in [0.25, 0.3) is 0 Å². The number of thiazole rings is 1. The standard InChI is InChI=1S/C13H14N4O3S/c1-8-15-9(4-12(18)16-8)10-6-17(2-3-20-10)13(19)11-5-14-7-21-11/h4-5,7,10H,2-3,6H2,1H3,(H,15,16,18)/t10-/m1/s1. The average Bonchev–Trinajstić information content (AvgIpc) is 3.00. The Kier molecular flexibility index (Phi) is 3.80. The number of hydrogen-bond acceptors (Lipinski definition) is 6. The molecule has 1 amide bonds. The maximum Gasteiger partial charge on any atom is 0.265 e. The summed E-state index contributed by atoms with van der Waals surface area (Å²) in [5.74, 6) is 0.472. The molecule has 1 saturated heterocycles. The predicted molar refractivity (Wildman–Crippen MR) is 76.3 cm³/mol. The first kappa shape index (κ1) is 13.9. The highest BCUT2D eigenvalue weighted by molar-refractivity contribution is 7.11. The fraction of sp³-hybridized carbons (Fsp3) is 0.385. The van der Waals surface area contributed by atoms with Crippen LogP contribution in [0.15, 0.2) is 22.6 Å². The molecule has 3 rings (SSSR count). The van der Waals surface area contributed by atoms with Gasteiger partial charge in [0.15, 0.2) is 0 Å². The Balaban J connectivity index is 1.79. The summed E-state index contributed by atoms with van der Waals surface area (Å²) in [5.41, 5.74) is 1.97. The minimum Gasteiger partial charge on any atom is -0.368 e. The van der Waals surface area contributed by atoms with Gasteiger partial charge in [0.25, 0.3) is 11.5 Å². The summed E-state index contributed by atoms with van der Waals surface area (Å²) < 4.78 is 5.65. The van der Waals surface area contributed by atoms with Crippen LogP contribution in [0.4, 0.5) is 0 Å². The number of aryl methyl sites for hydroxylation is 1. The van der Waals surface area contributed by atoms with Crippen molar-refractivity contribution in [2.45, 2.75) is 13.0 Å². The van der Waals surface area contributed by atoms with Crippen molar-refractivity contribution in [3.05, 3.63) is 44.5 Å². The van der Waals surface area contributed by atoms with Crippen LogP contribution in [0.1, 0.15) is 27.3 Å². The minimum atomic E-state index is -0.378. The number of aromatic amines is 1. The third-order valence-corrected chi connectivity index (χ3v) is 3.97. The molecule has 2 aromatic heterocycles. The second-order valence-electron chi connectivity index (χ2n) is 4.73. The van der Waals surface area contributed by atoms with Gasteiger partial charge in [0.1, 0.15) is 16.8 Å². The molecule has 8 heteroatoms. The molecular formula is C13H14N4O3S. The molecular weight excluding hydrogens is 292 g/mol. The first-order valence-corrected chi connectivity index (χ1v) is 7.38. The van der Waals surface area contributed by atoms with Crippen LogP contribution in [-0.4, -0.2) is 45.5 Å². The molecule has 3 heterocycles. The Labute approximate surface area is 124 Å². The second kappa shape index (κ2) is 5.74. The molecule has 0 aliphatic carbocycles. The monoisotopic (exact) mass is 306 g/mol. The number of carbonyl (C=O) groups excluding carboxylic acids is 1. The first-order valence-electron chi connectivity index (χ1n) is 6.51. The van der Waals surface area contributed by atoms with E-state index < -0.39 is 0 Å². The van der Waals surface area contributed by atoms with E-state index in [1.54, 1.807) is 23.5 Å². The molecule has 0 saturated carbocycles. The van der Waals surface area contributed by atoms with E-state index in [1.165, 1.54) is 17.4 Å². The van der Waals surface area contributed by atoms with Gasteiger partial charge in [-0.3, -0.25) is 14.6 Å². The van der Waals surface area contributed by atoms with Gasteiger partial charge in [-0.25, -0.2) is 4.98 Å². The highest BCUT2D eigenvalue weighted by Crippen LogP contribution is 2.21. The van der Waals surface area contributed by atoms with Gasteiger partial charge in [-0.05, 0) is 6.92 Å². The van der Waals surface area contributed by atoms with Gasteiger partial charge >= 0.3 is 0 Å². The van der Waals surface area contributed by atoms with E-state index in [2.05, 4.69) is 15.0 Å². The summed E-state index contributed by atoms with van der Waals surface area (Å²) in [7, 11) is 0. The Morgan fingerprint density at radius 1 is 1.57 bits per heavy atom. The molecule has 0 bridgehead atoms. The third-order valence-electron chi connectivity index (χ3n) is 3.21. The highest BCUT2D eigenvalue weighted by atomic mass is 32.1. The van der Waals surface area contributed by atoms with Gasteiger partial charge in [-0.1, -0.05) is 0 Å². The molecule has 2 aromatic rings. The van der Waals surface area contributed by atoms with Gasteiger partial charge < -0.3 is 14.6 Å². The normalized spacial score (nSPS) is 18.7. The topological polar surface area (TPSA) is 88.2 Å². The molecule has 1 atom stereocenters. The SMILES string of the molecule is Cc1nc([C@H]2CN(C(=O)c3cncs3)CCO2)cc(=O)[nH]1. The number of hydrogen-bond donors (Lipinski definition) is 1. The molecule has 0 spiro atoms. The number of aromatic nitrogens is 3. The lowest BCUT2D eigenvalue weighted by Crippen LogP contribution is -2.42. The van der Waals surface area contributed by atoms with Crippen LogP contribution in [0.5, 0.6) is 0 Å². The predicted octanol–water partition coefficient (Wildman–Crippen LogP) is 0.749. The summed E-state index contributed by atoms with van der Waals surface area (Å²) in [6.45, 7) is 3.04. The van der Waals surface area contributed by atoms with Crippen LogP contribution in [0.2, 0.25) is 0 Å². The van der Waals surface area contributed by atoms with E-state index in [9.17, 15) is 9.59 Å². The molecule has 1 fully saturated rings. The minimum absolute atomic E-state index is 0.0626. The van der Waals surface area contributed by atoms with Crippen molar-refractivity contribution in [1.29, 1.82) is 0 Å². The summed E-state index contributed by atoms with van der Waals surface area (Å²) in [5, 5.41) is 0. The number of H-pyrrole nitrogens is 1. The van der Waals surface area contributed by atoms with E-state index in [0.717, 1.165) is 0 Å². The maximum atomic E-state index is 12.3. The zero-order chi connectivity index (χ0) is 14.8. The number of morpholine rings is 1. The number of rotatable bonds is 2. The summed E-state index contributed by atoms with van der Waals surface area (Å²) in [6, 6.07) is 1.42. The van der Waals surface area contributed by atoms with E-state index >= 15 is 0 Å². The lowest BCUT2D eigenvalue weighted by atomic mass is 10.2. The molecule has 0 unspecified atom stereocenters. The van der Waals surface area contributed by atoms with Crippen molar-refractivity contribution in [3.63, 3.8) is 0 Å². The van der Waals surface area contributed by atoms with Gasteiger partial charge in [0, 0.05) is 12.6 Å². The largest absolute Gasteiger partial charge is 0.368 e. The van der Waals surface area contributed by atoms with E-state index in [1.807, 2.05) is 0 Å². The zero-order valence-electron chi connectivity index (χ0n) is 11.4. The van der Waals surface area contributed by atoms with Gasteiger partial charge in [-0.2, -0.15) is 0 Å². The van der Waals surface area contributed by atoms with Gasteiger partial charge in [-0.15, -0.1) is 11.3 Å². The number of ether oxygens (including phenoxy) is 1. The lowest BCUT2D eigenvalue weighted by molar-refractivity contribution is -0.0247. The van der Waals surface area contributed by atoms with Crippen LogP contribution >= 0.6 is 11.3 Å². The van der Waals surface area contributed by atoms with Crippen LogP contribution in [0, 0.1) is 6.92 Å². The molecule has 110 valence electrons. The van der Waals surface area contributed by atoms with Crippen LogP contribution < -0.4 is 5.56 Å². The quantitative estimate of drug-likeness (QED) is 0.884.